The summed E-state index contributed by atoms with van der Waals surface area (Å²) in [4.78, 5) is 18.6. The molecule has 18 heteroatoms. The average Bonchev–Trinajstić information content (AvgIpc) is 3.78. The number of aliphatic hydroxyl groups is 4. The molecule has 5 rings (SSSR count). The summed E-state index contributed by atoms with van der Waals surface area (Å²) in [6.07, 6.45) is -4.36. The maximum absolute atomic E-state index is 14.6. The number of likely N-dealkylation sites (N-methyl/N-ethyl adjacent to an activating group) is 2. The van der Waals surface area contributed by atoms with Gasteiger partial charge in [-0.1, -0.05) is 56.3 Å². The Bertz CT molecular complexity index is 1880. The highest BCUT2D eigenvalue weighted by Crippen LogP contribution is 2.40. The van der Waals surface area contributed by atoms with Crippen LogP contribution in [0.25, 0.3) is 0 Å². The van der Waals surface area contributed by atoms with Gasteiger partial charge >= 0.3 is 5.97 Å². The maximum atomic E-state index is 14.6. The lowest BCUT2D eigenvalue weighted by Gasteiger charge is -2.48. The van der Waals surface area contributed by atoms with Gasteiger partial charge < -0.3 is 63.4 Å². The van der Waals surface area contributed by atoms with Crippen LogP contribution in [0.1, 0.15) is 125 Å². The SMILES string of the molecule is CC[C@H]1OC(=O)[C@H](C)[C@@H](O[C@H]2C[C@@](C)(OC)[C@@H](O)[C@H](C)O2)[C@H](C)[C@@H](O[C@H]2C[C@@H](N(C)CCc3cn([C@H](CF)[C@H](OC)c4ccccc4)nn3)C[C@@H](C)O2)[C@](C)(O)C[C@@H](C)CN(C)[C@H](C)[C@@H](O)[C@]1(C)O. The predicted octanol–water partition coefficient (Wildman–Crippen LogP) is 5.03. The van der Waals surface area contributed by atoms with Crippen molar-refractivity contribution in [1.29, 1.82) is 0 Å². The van der Waals surface area contributed by atoms with Crippen molar-refractivity contribution in [2.45, 2.75) is 204 Å². The second-order valence-corrected chi connectivity index (χ2v) is 21.3. The number of rotatable bonds is 15. The van der Waals surface area contributed by atoms with Crippen molar-refractivity contribution >= 4 is 5.97 Å². The molecule has 19 atom stereocenters. The molecule has 3 aliphatic rings. The number of aliphatic hydroxyl groups excluding tert-OH is 2. The van der Waals surface area contributed by atoms with Gasteiger partial charge in [0.15, 0.2) is 12.6 Å². The fraction of sp³-hybridized carbons (Fsp3) is 0.824. The van der Waals surface area contributed by atoms with Gasteiger partial charge in [-0.15, -0.1) is 5.10 Å². The number of nitrogens with zero attached hydrogens (tertiary/aromatic N) is 5. The number of hydrogen-bond acceptors (Lipinski definition) is 16. The monoisotopic (exact) mass is 980 g/mol. The highest BCUT2D eigenvalue weighted by Gasteiger charge is 2.52. The van der Waals surface area contributed by atoms with Crippen LogP contribution in [0.2, 0.25) is 0 Å². The fourth-order valence-corrected chi connectivity index (χ4v) is 11.1. The number of benzene rings is 1. The van der Waals surface area contributed by atoms with E-state index >= 15 is 0 Å². The molecule has 4 heterocycles. The van der Waals surface area contributed by atoms with Gasteiger partial charge in [-0.3, -0.25) is 4.79 Å². The van der Waals surface area contributed by atoms with E-state index < -0.39 is 109 Å². The Morgan fingerprint density at radius 1 is 0.957 bits per heavy atom. The third kappa shape index (κ3) is 13.7. The number of cyclic esters (lactones) is 1. The van der Waals surface area contributed by atoms with E-state index in [0.29, 0.717) is 38.0 Å². The van der Waals surface area contributed by atoms with Crippen LogP contribution in [0.4, 0.5) is 4.39 Å². The second kappa shape index (κ2) is 24.3. The van der Waals surface area contributed by atoms with Crippen molar-refractivity contribution in [2.75, 3.05) is 48.1 Å². The zero-order chi connectivity index (χ0) is 51.2. The third-order valence-electron chi connectivity index (χ3n) is 15.5. The highest BCUT2D eigenvalue weighted by atomic mass is 19.1. The molecule has 4 N–H and O–H groups in total. The van der Waals surface area contributed by atoms with Gasteiger partial charge in [-0.25, -0.2) is 9.07 Å². The lowest BCUT2D eigenvalue weighted by atomic mass is 9.77. The largest absolute Gasteiger partial charge is 0.459 e. The van der Waals surface area contributed by atoms with E-state index in [2.05, 4.69) is 15.2 Å². The molecule has 0 saturated carbocycles. The molecule has 0 radical (unpaired) electrons. The lowest BCUT2D eigenvalue weighted by molar-refractivity contribution is -0.308. The minimum absolute atomic E-state index is 0.00123. The van der Waals surface area contributed by atoms with E-state index in [1.54, 1.807) is 52.6 Å². The Balaban J connectivity index is 1.43. The Hall–Kier alpha value is -2.72. The van der Waals surface area contributed by atoms with Crippen LogP contribution in [0.3, 0.4) is 0 Å². The molecule has 3 saturated heterocycles. The van der Waals surface area contributed by atoms with Crippen LogP contribution in [0.5, 0.6) is 0 Å². The smallest absolute Gasteiger partial charge is 0.311 e. The summed E-state index contributed by atoms with van der Waals surface area (Å²) in [5.41, 5.74) is -2.82. The summed E-state index contributed by atoms with van der Waals surface area (Å²) in [6, 6.07) is 8.26. The standard InChI is InChI=1S/C51H86FN5O12/c1-15-40-51(10,62)45(58)34(6)56(12)28-30(2)25-49(8,61)47(32(4)43(33(5)48(60)67-40)68-42-26-50(9,64-14)46(59)35(7)66-42)69-41-24-38(23-31(3)65-41)55(11)22-21-37-29-57(54-53-37)39(27-52)44(63-13)36-19-17-16-18-20-36/h16-20,29-35,38-47,58-59,61-62H,15,21-28H2,1-14H3/t30-,31-,32+,33-,34-,35+,38+,39-,40-,41+,42+,43+,44-,45-,46+,47-,49-,50-,51-/m1/s1. The number of alkyl halides is 1. The number of methoxy groups -OCH3 is 2. The Labute approximate surface area is 410 Å². The molecule has 1 aromatic heterocycles. The van der Waals surface area contributed by atoms with Gasteiger partial charge in [0, 0.05) is 70.8 Å². The molecule has 0 spiro atoms. The normalized spacial score (nSPS) is 40.1. The minimum atomic E-state index is -1.81. The zero-order valence-electron chi connectivity index (χ0n) is 43.7. The highest BCUT2D eigenvalue weighted by molar-refractivity contribution is 5.73. The van der Waals surface area contributed by atoms with Crippen LogP contribution in [-0.2, 0) is 44.4 Å². The number of carbonyl (C=O) groups is 1. The van der Waals surface area contributed by atoms with Crippen molar-refractivity contribution < 1.29 is 62.8 Å². The van der Waals surface area contributed by atoms with Crippen LogP contribution >= 0.6 is 0 Å². The number of hydrogen-bond donors (Lipinski definition) is 4. The van der Waals surface area contributed by atoms with Gasteiger partial charge in [-0.2, -0.15) is 0 Å². The first-order valence-electron chi connectivity index (χ1n) is 25.0. The molecule has 2 aromatic rings. The van der Waals surface area contributed by atoms with E-state index in [1.807, 2.05) is 77.0 Å². The van der Waals surface area contributed by atoms with Crippen molar-refractivity contribution in [2.24, 2.45) is 17.8 Å². The average molecular weight is 980 g/mol. The van der Waals surface area contributed by atoms with Crippen LogP contribution < -0.4 is 0 Å². The van der Waals surface area contributed by atoms with Crippen molar-refractivity contribution in [1.82, 2.24) is 24.8 Å². The fourth-order valence-electron chi connectivity index (χ4n) is 11.1. The maximum Gasteiger partial charge on any atom is 0.311 e. The second-order valence-electron chi connectivity index (χ2n) is 21.3. The summed E-state index contributed by atoms with van der Waals surface area (Å²) in [6.45, 7) is 18.3. The summed E-state index contributed by atoms with van der Waals surface area (Å²) in [5.74, 6) is -2.54. The van der Waals surface area contributed by atoms with E-state index in [-0.39, 0.29) is 37.3 Å². The van der Waals surface area contributed by atoms with Crippen molar-refractivity contribution in [3.8, 4) is 0 Å². The predicted molar refractivity (Wildman–Crippen MR) is 257 cm³/mol. The number of aromatic nitrogens is 3. The third-order valence-corrected chi connectivity index (χ3v) is 15.5. The summed E-state index contributed by atoms with van der Waals surface area (Å²) >= 11 is 0. The van der Waals surface area contributed by atoms with Crippen LogP contribution in [0.15, 0.2) is 36.5 Å². The molecule has 3 fully saturated rings. The first-order chi connectivity index (χ1) is 32.4. The minimum Gasteiger partial charge on any atom is -0.459 e. The van der Waals surface area contributed by atoms with Crippen LogP contribution in [0, 0.1) is 17.8 Å². The van der Waals surface area contributed by atoms with E-state index in [0.717, 1.165) is 5.56 Å². The molecule has 394 valence electrons. The first-order valence-corrected chi connectivity index (χ1v) is 25.0. The van der Waals surface area contributed by atoms with Gasteiger partial charge in [0.05, 0.1) is 47.2 Å². The molecular formula is C51H86FN5O12. The summed E-state index contributed by atoms with van der Waals surface area (Å²) in [5, 5.41) is 56.1. The topological polar surface area (TPSA) is 200 Å². The van der Waals surface area contributed by atoms with Crippen molar-refractivity contribution in [3.05, 3.63) is 47.8 Å². The van der Waals surface area contributed by atoms with E-state index in [9.17, 15) is 29.6 Å². The Morgan fingerprint density at radius 3 is 2.26 bits per heavy atom. The summed E-state index contributed by atoms with van der Waals surface area (Å²) in [7, 11) is 6.98. The summed E-state index contributed by atoms with van der Waals surface area (Å²) < 4.78 is 60.5. The molecule has 0 bridgehead atoms. The van der Waals surface area contributed by atoms with Gasteiger partial charge in [0.2, 0.25) is 0 Å². The van der Waals surface area contributed by atoms with E-state index in [4.69, 9.17) is 33.2 Å². The van der Waals surface area contributed by atoms with Crippen LogP contribution in [-0.4, -0.2) is 183 Å². The quantitative estimate of drug-likeness (QED) is 0.173. The van der Waals surface area contributed by atoms with Gasteiger partial charge in [0.25, 0.3) is 0 Å². The molecule has 69 heavy (non-hydrogen) atoms. The van der Waals surface area contributed by atoms with E-state index in [1.165, 1.54) is 14.0 Å². The van der Waals surface area contributed by atoms with Crippen molar-refractivity contribution in [3.63, 3.8) is 0 Å². The lowest BCUT2D eigenvalue weighted by Crippen LogP contribution is -2.59. The molecule has 17 nitrogen and oxygen atoms in total. The van der Waals surface area contributed by atoms with Gasteiger partial charge in [-0.05, 0) is 93.3 Å². The Kier molecular flexibility index (Phi) is 20.2. The molecule has 0 unspecified atom stereocenters. The number of esters is 1. The Morgan fingerprint density at radius 2 is 1.64 bits per heavy atom. The number of halogens is 1. The zero-order valence-corrected chi connectivity index (χ0v) is 43.7. The number of ether oxygens (including phenoxy) is 7. The molecule has 0 amide bonds. The number of carbonyl (C=O) groups excluding carboxylic acids is 1. The molecule has 0 aliphatic carbocycles. The molecule has 3 aliphatic heterocycles. The molecule has 1 aromatic carbocycles. The van der Waals surface area contributed by atoms with Gasteiger partial charge in [0.1, 0.15) is 42.7 Å². The molecular weight excluding hydrogens is 894 g/mol. The first kappa shape index (κ1) is 57.2.